The van der Waals surface area contributed by atoms with Crippen LogP contribution in [0, 0.1) is 5.92 Å². The highest BCUT2D eigenvalue weighted by atomic mass is 16.2. The largest absolute Gasteiger partial charge is 0.352 e. The van der Waals surface area contributed by atoms with E-state index in [1.165, 1.54) is 0 Å². The smallest absolute Gasteiger partial charge is 0.242 e. The number of amides is 2. The number of carbonyl (C=O) groups is 2. The van der Waals surface area contributed by atoms with Crippen molar-refractivity contribution in [3.63, 3.8) is 0 Å². The van der Waals surface area contributed by atoms with Gasteiger partial charge in [0, 0.05) is 6.04 Å². The zero-order valence-corrected chi connectivity index (χ0v) is 14.5. The Hall–Kier alpha value is -1.88. The second-order valence-electron chi connectivity index (χ2n) is 6.65. The van der Waals surface area contributed by atoms with E-state index in [0.717, 1.165) is 5.56 Å². The van der Waals surface area contributed by atoms with Crippen LogP contribution >= 0.6 is 0 Å². The maximum absolute atomic E-state index is 12.3. The van der Waals surface area contributed by atoms with E-state index in [9.17, 15) is 9.59 Å². The van der Waals surface area contributed by atoms with E-state index in [4.69, 9.17) is 5.73 Å². The first-order valence-corrected chi connectivity index (χ1v) is 8.19. The third kappa shape index (κ3) is 7.28. The van der Waals surface area contributed by atoms with E-state index >= 15 is 0 Å². The summed E-state index contributed by atoms with van der Waals surface area (Å²) in [5, 5.41) is 5.65. The maximum atomic E-state index is 12.3. The Bertz CT molecular complexity index is 500. The predicted octanol–water partition coefficient (Wildman–Crippen LogP) is 1.61. The summed E-state index contributed by atoms with van der Waals surface area (Å²) in [4.78, 5) is 24.6. The topological polar surface area (TPSA) is 84.2 Å². The second-order valence-corrected chi connectivity index (χ2v) is 6.65. The Morgan fingerprint density at radius 2 is 1.61 bits per heavy atom. The summed E-state index contributed by atoms with van der Waals surface area (Å²) in [5.74, 6) is -0.157. The summed E-state index contributed by atoms with van der Waals surface area (Å²) in [7, 11) is 0. The van der Waals surface area contributed by atoms with Crippen molar-refractivity contribution in [2.24, 2.45) is 11.7 Å². The Kier molecular flexibility index (Phi) is 7.75. The van der Waals surface area contributed by atoms with Crippen molar-refractivity contribution in [1.82, 2.24) is 10.6 Å². The highest BCUT2D eigenvalue weighted by molar-refractivity contribution is 5.89. The lowest BCUT2D eigenvalue weighted by molar-refractivity contribution is -0.130. The molecule has 128 valence electrons. The Balaban J connectivity index is 2.66. The Morgan fingerprint density at radius 3 is 2.13 bits per heavy atom. The van der Waals surface area contributed by atoms with Gasteiger partial charge < -0.3 is 16.4 Å². The molecule has 0 aromatic heterocycles. The van der Waals surface area contributed by atoms with Crippen molar-refractivity contribution in [2.75, 3.05) is 0 Å². The maximum Gasteiger partial charge on any atom is 0.242 e. The summed E-state index contributed by atoms with van der Waals surface area (Å²) < 4.78 is 0. The average Bonchev–Trinajstić information content (AvgIpc) is 2.46. The number of hydrogen-bond acceptors (Lipinski definition) is 3. The number of carbonyl (C=O) groups excluding carboxylic acids is 2. The fourth-order valence-corrected chi connectivity index (χ4v) is 2.33. The minimum absolute atomic E-state index is 0.0343. The molecule has 0 aliphatic rings. The zero-order chi connectivity index (χ0) is 17.4. The van der Waals surface area contributed by atoms with Gasteiger partial charge in [-0.3, -0.25) is 9.59 Å². The third-order valence-corrected chi connectivity index (χ3v) is 3.41. The lowest BCUT2D eigenvalue weighted by atomic mass is 10.0. The molecule has 0 saturated heterocycles. The van der Waals surface area contributed by atoms with Crippen LogP contribution in [-0.4, -0.2) is 29.9 Å². The quantitative estimate of drug-likeness (QED) is 0.680. The van der Waals surface area contributed by atoms with Crippen LogP contribution in [0.1, 0.15) is 39.7 Å². The second kappa shape index (κ2) is 9.30. The van der Waals surface area contributed by atoms with Gasteiger partial charge in [-0.2, -0.15) is 0 Å². The molecule has 0 spiro atoms. The third-order valence-electron chi connectivity index (χ3n) is 3.41. The molecule has 0 radical (unpaired) electrons. The molecule has 2 atom stereocenters. The van der Waals surface area contributed by atoms with Crippen LogP contribution < -0.4 is 16.4 Å². The summed E-state index contributed by atoms with van der Waals surface area (Å²) >= 11 is 0. The van der Waals surface area contributed by atoms with Gasteiger partial charge in [-0.1, -0.05) is 44.2 Å². The van der Waals surface area contributed by atoms with Gasteiger partial charge in [0.1, 0.15) is 6.04 Å². The molecule has 5 nitrogen and oxygen atoms in total. The van der Waals surface area contributed by atoms with Crippen LogP contribution in [0.2, 0.25) is 0 Å². The predicted molar refractivity (Wildman–Crippen MR) is 92.8 cm³/mol. The molecule has 0 bridgehead atoms. The summed E-state index contributed by atoms with van der Waals surface area (Å²) in [5.41, 5.74) is 6.99. The minimum atomic E-state index is -0.668. The van der Waals surface area contributed by atoms with Gasteiger partial charge in [0.2, 0.25) is 11.8 Å². The first-order valence-electron chi connectivity index (χ1n) is 8.19. The van der Waals surface area contributed by atoms with Crippen molar-refractivity contribution < 1.29 is 9.59 Å². The van der Waals surface area contributed by atoms with Crippen molar-refractivity contribution in [2.45, 2.75) is 58.7 Å². The van der Waals surface area contributed by atoms with Crippen LogP contribution in [0.3, 0.4) is 0 Å². The fourth-order valence-electron chi connectivity index (χ4n) is 2.33. The Morgan fingerprint density at radius 1 is 1.00 bits per heavy atom. The first-order chi connectivity index (χ1) is 10.8. The minimum Gasteiger partial charge on any atom is -0.352 e. The lowest BCUT2D eigenvalue weighted by Crippen LogP contribution is -2.53. The van der Waals surface area contributed by atoms with Crippen LogP contribution in [0.4, 0.5) is 0 Å². The normalized spacial score (nSPS) is 13.7. The molecule has 23 heavy (non-hydrogen) atoms. The zero-order valence-electron chi connectivity index (χ0n) is 14.5. The first kappa shape index (κ1) is 19.2. The van der Waals surface area contributed by atoms with E-state index in [0.29, 0.717) is 18.8 Å². The van der Waals surface area contributed by atoms with Gasteiger partial charge >= 0.3 is 0 Å². The molecular weight excluding hydrogens is 290 g/mol. The number of rotatable bonds is 8. The molecule has 0 aliphatic carbocycles. The summed E-state index contributed by atoms with van der Waals surface area (Å²) in [6.45, 7) is 7.83. The number of nitrogens with two attached hydrogens (primary N) is 1. The van der Waals surface area contributed by atoms with Gasteiger partial charge in [-0.05, 0) is 38.2 Å². The van der Waals surface area contributed by atoms with Gasteiger partial charge in [0.25, 0.3) is 0 Å². The standard InChI is InChI=1S/C18H29N3O2/c1-12(2)10-16(18(23)20-13(3)4)21-17(22)15(19)11-14-8-6-5-7-9-14/h5-9,12-13,15-16H,10-11,19H2,1-4H3,(H,20,23)(H,21,22)/t15-,16-/m0/s1. The van der Waals surface area contributed by atoms with E-state index in [1.807, 2.05) is 58.0 Å². The van der Waals surface area contributed by atoms with Crippen LogP contribution in [-0.2, 0) is 16.0 Å². The molecular formula is C18H29N3O2. The van der Waals surface area contributed by atoms with Gasteiger partial charge in [-0.15, -0.1) is 0 Å². The molecule has 0 unspecified atom stereocenters. The van der Waals surface area contributed by atoms with E-state index in [1.54, 1.807) is 0 Å². The molecule has 4 N–H and O–H groups in total. The summed E-state index contributed by atoms with van der Waals surface area (Å²) in [6.07, 6.45) is 1.04. The fraction of sp³-hybridized carbons (Fsp3) is 0.556. The highest BCUT2D eigenvalue weighted by Gasteiger charge is 2.25. The Labute approximate surface area is 139 Å². The lowest BCUT2D eigenvalue weighted by Gasteiger charge is -2.23. The van der Waals surface area contributed by atoms with Crippen LogP contribution in [0.5, 0.6) is 0 Å². The van der Waals surface area contributed by atoms with E-state index < -0.39 is 12.1 Å². The van der Waals surface area contributed by atoms with Crippen LogP contribution in [0.25, 0.3) is 0 Å². The van der Waals surface area contributed by atoms with Crippen molar-refractivity contribution in [1.29, 1.82) is 0 Å². The average molecular weight is 319 g/mol. The molecule has 1 aromatic carbocycles. The van der Waals surface area contributed by atoms with Gasteiger partial charge in [0.15, 0.2) is 0 Å². The molecule has 0 aliphatic heterocycles. The molecule has 0 heterocycles. The van der Waals surface area contributed by atoms with Crippen molar-refractivity contribution in [3.8, 4) is 0 Å². The number of hydrogen-bond donors (Lipinski definition) is 3. The molecule has 1 rings (SSSR count). The number of benzene rings is 1. The van der Waals surface area contributed by atoms with Gasteiger partial charge in [-0.25, -0.2) is 0 Å². The van der Waals surface area contributed by atoms with E-state index in [-0.39, 0.29) is 17.9 Å². The molecule has 0 fully saturated rings. The molecule has 5 heteroatoms. The monoisotopic (exact) mass is 319 g/mol. The van der Waals surface area contributed by atoms with Crippen molar-refractivity contribution in [3.05, 3.63) is 35.9 Å². The summed E-state index contributed by atoms with van der Waals surface area (Å²) in [6, 6.07) is 8.44. The molecule has 0 saturated carbocycles. The van der Waals surface area contributed by atoms with Crippen LogP contribution in [0.15, 0.2) is 30.3 Å². The number of nitrogens with one attached hydrogen (secondary N) is 2. The molecule has 1 aromatic rings. The SMILES string of the molecule is CC(C)C[C@H](NC(=O)[C@@H](N)Cc1ccccc1)C(=O)NC(C)C. The van der Waals surface area contributed by atoms with Crippen molar-refractivity contribution >= 4 is 11.8 Å². The highest BCUT2D eigenvalue weighted by Crippen LogP contribution is 2.07. The van der Waals surface area contributed by atoms with Gasteiger partial charge in [0.05, 0.1) is 6.04 Å². The molecule has 2 amide bonds. The van der Waals surface area contributed by atoms with E-state index in [2.05, 4.69) is 10.6 Å².